The zero-order valence-electron chi connectivity index (χ0n) is 16.1. The summed E-state index contributed by atoms with van der Waals surface area (Å²) in [5.74, 6) is 0.0724. The summed E-state index contributed by atoms with van der Waals surface area (Å²) in [7, 11) is 0. The van der Waals surface area contributed by atoms with E-state index in [1.807, 2.05) is 36.1 Å². The fourth-order valence-corrected chi connectivity index (χ4v) is 3.83. The smallest absolute Gasteiger partial charge is 0.251 e. The molecule has 0 aromatic heterocycles. The van der Waals surface area contributed by atoms with E-state index in [4.69, 9.17) is 0 Å². The molecule has 2 aliphatic heterocycles. The molecule has 0 bridgehead atoms. The van der Waals surface area contributed by atoms with Gasteiger partial charge >= 0.3 is 0 Å². The highest BCUT2D eigenvalue weighted by Gasteiger charge is 2.27. The molecule has 6 heteroatoms. The lowest BCUT2D eigenvalue weighted by atomic mass is 10.0. The van der Waals surface area contributed by atoms with Crippen LogP contribution >= 0.6 is 0 Å². The predicted molar refractivity (Wildman–Crippen MR) is 103 cm³/mol. The summed E-state index contributed by atoms with van der Waals surface area (Å²) in [6.07, 6.45) is 5.01. The van der Waals surface area contributed by atoms with E-state index in [9.17, 15) is 14.4 Å². The van der Waals surface area contributed by atoms with Crippen LogP contribution in [0.4, 0.5) is 0 Å². The van der Waals surface area contributed by atoms with Crippen molar-refractivity contribution in [3.05, 3.63) is 35.4 Å². The van der Waals surface area contributed by atoms with Gasteiger partial charge in [0.05, 0.1) is 6.54 Å². The van der Waals surface area contributed by atoms with Gasteiger partial charge in [0.1, 0.15) is 0 Å². The van der Waals surface area contributed by atoms with Crippen LogP contribution in [0.2, 0.25) is 0 Å². The molecule has 0 radical (unpaired) electrons. The molecule has 27 heavy (non-hydrogen) atoms. The summed E-state index contributed by atoms with van der Waals surface area (Å²) >= 11 is 0. The molecule has 146 valence electrons. The summed E-state index contributed by atoms with van der Waals surface area (Å²) in [5.41, 5.74) is 1.67. The van der Waals surface area contributed by atoms with Gasteiger partial charge in [-0.2, -0.15) is 0 Å². The molecule has 2 heterocycles. The average Bonchev–Trinajstić information content (AvgIpc) is 2.87. The van der Waals surface area contributed by atoms with Crippen LogP contribution in [0.5, 0.6) is 0 Å². The minimum Gasteiger partial charge on any atom is -0.349 e. The first-order valence-electron chi connectivity index (χ1n) is 9.96. The number of rotatable bonds is 4. The third kappa shape index (κ3) is 5.08. The van der Waals surface area contributed by atoms with Gasteiger partial charge < -0.3 is 15.1 Å². The molecular formula is C21H29N3O3. The predicted octanol–water partition coefficient (Wildman–Crippen LogP) is 2.12. The van der Waals surface area contributed by atoms with Gasteiger partial charge in [0.25, 0.3) is 5.91 Å². The minimum atomic E-state index is -0.0481. The number of likely N-dealkylation sites (tertiary alicyclic amines) is 2. The van der Waals surface area contributed by atoms with Crippen molar-refractivity contribution < 1.29 is 14.4 Å². The van der Waals surface area contributed by atoms with Crippen LogP contribution in [0.3, 0.4) is 0 Å². The highest BCUT2D eigenvalue weighted by molar-refractivity contribution is 5.95. The summed E-state index contributed by atoms with van der Waals surface area (Å²) in [6, 6.07) is 7.64. The molecule has 2 aliphatic rings. The zero-order chi connectivity index (χ0) is 19.2. The van der Waals surface area contributed by atoms with Crippen LogP contribution in [-0.2, 0) is 9.59 Å². The Kier molecular flexibility index (Phi) is 6.48. The monoisotopic (exact) mass is 371 g/mol. The molecule has 0 saturated carbocycles. The quantitative estimate of drug-likeness (QED) is 0.881. The lowest BCUT2D eigenvalue weighted by Gasteiger charge is -2.34. The Bertz CT molecular complexity index is 696. The first-order valence-corrected chi connectivity index (χ1v) is 9.96. The largest absolute Gasteiger partial charge is 0.349 e. The Morgan fingerprint density at radius 2 is 1.81 bits per heavy atom. The Morgan fingerprint density at radius 3 is 2.56 bits per heavy atom. The first-order chi connectivity index (χ1) is 13.0. The van der Waals surface area contributed by atoms with E-state index in [1.165, 1.54) is 0 Å². The second-order valence-electron chi connectivity index (χ2n) is 7.57. The number of aryl methyl sites for hydroxylation is 1. The summed E-state index contributed by atoms with van der Waals surface area (Å²) in [4.78, 5) is 40.6. The summed E-state index contributed by atoms with van der Waals surface area (Å²) in [5, 5.41) is 3.09. The van der Waals surface area contributed by atoms with Gasteiger partial charge in [-0.1, -0.05) is 24.6 Å². The lowest BCUT2D eigenvalue weighted by Crippen LogP contribution is -2.49. The number of carbonyl (C=O) groups excluding carboxylic acids is 3. The average molecular weight is 371 g/mol. The van der Waals surface area contributed by atoms with Gasteiger partial charge in [0.15, 0.2) is 0 Å². The van der Waals surface area contributed by atoms with Gasteiger partial charge in [-0.25, -0.2) is 0 Å². The maximum Gasteiger partial charge on any atom is 0.251 e. The van der Waals surface area contributed by atoms with Crippen molar-refractivity contribution in [3.8, 4) is 0 Å². The molecular weight excluding hydrogens is 342 g/mol. The number of piperidine rings is 1. The molecule has 1 N–H and O–H groups in total. The van der Waals surface area contributed by atoms with E-state index in [0.717, 1.165) is 37.7 Å². The van der Waals surface area contributed by atoms with Gasteiger partial charge in [0, 0.05) is 37.7 Å². The highest BCUT2D eigenvalue weighted by Crippen LogP contribution is 2.15. The molecule has 3 amide bonds. The Hall–Kier alpha value is -2.37. The molecule has 0 spiro atoms. The van der Waals surface area contributed by atoms with Crippen LogP contribution in [-0.4, -0.2) is 59.7 Å². The minimum absolute atomic E-state index is 0.0222. The normalized spacial score (nSPS) is 18.9. The number of hydrogen-bond donors (Lipinski definition) is 1. The van der Waals surface area contributed by atoms with Crippen LogP contribution in [0.15, 0.2) is 24.3 Å². The molecule has 1 aromatic rings. The van der Waals surface area contributed by atoms with Crippen molar-refractivity contribution in [1.29, 1.82) is 0 Å². The summed E-state index contributed by atoms with van der Waals surface area (Å²) in [6.45, 7) is 4.06. The third-order valence-electron chi connectivity index (χ3n) is 5.57. The number of amides is 3. The summed E-state index contributed by atoms with van der Waals surface area (Å²) < 4.78 is 0. The van der Waals surface area contributed by atoms with E-state index in [2.05, 4.69) is 5.32 Å². The Morgan fingerprint density at radius 1 is 1.07 bits per heavy atom. The second-order valence-corrected chi connectivity index (χ2v) is 7.57. The van der Waals surface area contributed by atoms with Crippen molar-refractivity contribution >= 4 is 17.7 Å². The van der Waals surface area contributed by atoms with Crippen molar-refractivity contribution in [2.45, 2.75) is 51.5 Å². The van der Waals surface area contributed by atoms with E-state index in [-0.39, 0.29) is 30.3 Å². The van der Waals surface area contributed by atoms with Crippen molar-refractivity contribution in [2.75, 3.05) is 26.2 Å². The van der Waals surface area contributed by atoms with Crippen molar-refractivity contribution in [1.82, 2.24) is 15.1 Å². The van der Waals surface area contributed by atoms with E-state index in [0.29, 0.717) is 31.6 Å². The van der Waals surface area contributed by atoms with Crippen LogP contribution in [0.1, 0.15) is 54.4 Å². The standard InChI is InChI=1S/C21H29N3O3/c1-16-7-4-5-8-18(16)21(27)22-17-10-13-23(14-11-17)20(26)15-24-12-6-2-3-9-19(24)25/h4-5,7-8,17H,2-3,6,9-15H2,1H3,(H,22,27). The molecule has 0 unspecified atom stereocenters. The van der Waals surface area contributed by atoms with Crippen LogP contribution < -0.4 is 5.32 Å². The third-order valence-corrected chi connectivity index (χ3v) is 5.57. The van der Waals surface area contributed by atoms with Crippen LogP contribution in [0.25, 0.3) is 0 Å². The number of hydrogen-bond acceptors (Lipinski definition) is 3. The van der Waals surface area contributed by atoms with Gasteiger partial charge in [-0.3, -0.25) is 14.4 Å². The molecule has 0 aliphatic carbocycles. The lowest BCUT2D eigenvalue weighted by molar-refractivity contribution is -0.140. The molecule has 2 fully saturated rings. The fourth-order valence-electron chi connectivity index (χ4n) is 3.83. The van der Waals surface area contributed by atoms with Crippen molar-refractivity contribution in [3.63, 3.8) is 0 Å². The Balaban J connectivity index is 1.47. The van der Waals surface area contributed by atoms with E-state index < -0.39 is 0 Å². The van der Waals surface area contributed by atoms with Crippen molar-refractivity contribution in [2.24, 2.45) is 0 Å². The molecule has 2 saturated heterocycles. The fraction of sp³-hybridized carbons (Fsp3) is 0.571. The maximum absolute atomic E-state index is 12.6. The van der Waals surface area contributed by atoms with Gasteiger partial charge in [0.2, 0.25) is 11.8 Å². The number of benzene rings is 1. The molecule has 0 atom stereocenters. The molecule has 6 nitrogen and oxygen atoms in total. The number of nitrogens with one attached hydrogen (secondary N) is 1. The van der Waals surface area contributed by atoms with Gasteiger partial charge in [-0.05, 0) is 44.2 Å². The number of carbonyl (C=O) groups is 3. The topological polar surface area (TPSA) is 69.7 Å². The first kappa shape index (κ1) is 19.4. The second kappa shape index (κ2) is 9.02. The molecule has 1 aromatic carbocycles. The highest BCUT2D eigenvalue weighted by atomic mass is 16.2. The van der Waals surface area contributed by atoms with E-state index >= 15 is 0 Å². The zero-order valence-corrected chi connectivity index (χ0v) is 16.1. The van der Waals surface area contributed by atoms with Crippen LogP contribution in [0, 0.1) is 6.92 Å². The Labute approximate surface area is 160 Å². The maximum atomic E-state index is 12.6. The van der Waals surface area contributed by atoms with E-state index in [1.54, 1.807) is 4.90 Å². The number of nitrogens with zero attached hydrogens (tertiary/aromatic N) is 2. The van der Waals surface area contributed by atoms with Gasteiger partial charge in [-0.15, -0.1) is 0 Å². The molecule has 3 rings (SSSR count). The SMILES string of the molecule is Cc1ccccc1C(=O)NC1CCN(C(=O)CN2CCCCCC2=O)CC1.